The molecule has 4 aliphatic rings. The molecule has 0 aliphatic carbocycles. The molecule has 0 saturated carbocycles. The second kappa shape index (κ2) is 65.4. The van der Waals surface area contributed by atoms with Crippen LogP contribution in [0.15, 0.2) is 0 Å². The molecule has 48 N–H and O–H groups in total. The first-order valence-electron chi connectivity index (χ1n) is 46.2. The number of aliphatic hydroxyl groups excluding tert-OH is 37. The summed E-state index contributed by atoms with van der Waals surface area (Å²) >= 11 is 0. The van der Waals surface area contributed by atoms with E-state index in [9.17, 15) is 223 Å². The number of rotatable bonds is 72. The van der Waals surface area contributed by atoms with Gasteiger partial charge in [0.15, 0.2) is 55.7 Å². The van der Waals surface area contributed by atoms with Crippen molar-refractivity contribution in [2.75, 3.05) is 203 Å². The van der Waals surface area contributed by atoms with Gasteiger partial charge in [-0.2, -0.15) is 0 Å². The van der Waals surface area contributed by atoms with E-state index >= 15 is 0 Å². The number of carbonyl (C=O) groups excluding carboxylic acids is 5. The number of unbranched alkanes of at least 4 members (excludes halogenated alkanes) is 2. The molecule has 842 valence electrons. The zero-order valence-electron chi connectivity index (χ0n) is 78.1. The molecule has 4 aliphatic heterocycles. The highest BCUT2D eigenvalue weighted by Crippen LogP contribution is 2.34. The quantitative estimate of drug-likeness (QED) is 0.0199. The van der Waals surface area contributed by atoms with E-state index in [1.807, 2.05) is 9.80 Å². The van der Waals surface area contributed by atoms with Crippen LogP contribution in [0, 0.1) is 0 Å². The maximum absolute atomic E-state index is 13.6. The molecular formula is C79H154N12O52. The lowest BCUT2D eigenvalue weighted by atomic mass is 9.96. The van der Waals surface area contributed by atoms with E-state index in [0.717, 1.165) is 0 Å². The minimum absolute atomic E-state index is 0.0153. The average molecular weight is 2100 g/mol. The van der Waals surface area contributed by atoms with Crippen molar-refractivity contribution in [1.82, 2.24) is 56.8 Å². The van der Waals surface area contributed by atoms with E-state index in [-0.39, 0.29) is 150 Å². The predicted molar refractivity (Wildman–Crippen MR) is 468 cm³/mol. The Balaban J connectivity index is 1.66. The van der Waals surface area contributed by atoms with Gasteiger partial charge in [-0.25, -0.2) is 0 Å². The summed E-state index contributed by atoms with van der Waals surface area (Å²) in [6.45, 7) is -11.4. The SMILES string of the molecule is NCCN(CCNC(=O)C(O)C(O)C(O)(OC1OC(CO)C(O)C(O)C1O)C(O)CO)CCN(CCCCCNC(=O)C(O)C(O)C(OC1OC(CO)C(O)C(O)C1O)C(O)CO)CCN(CCNCCNC(=O)C(O)C(O)C(O)(OC1OC(CO)C(O)C(O)C1O)C(O)CO)CCNCCN(CCNC(=O)C(O)C(O)C(O)C(O)CO)CCNC(=O)C(O)C(O)C(OC1OC(CO)C(O)C(O)C1O)C(O)CO. The zero-order valence-corrected chi connectivity index (χ0v) is 78.1. The number of carbonyl (C=O) groups is 5. The molecule has 0 spiro atoms. The van der Waals surface area contributed by atoms with Crippen molar-refractivity contribution in [3.05, 3.63) is 0 Å². The topological polar surface area (TPSA) is 1070 Å². The Morgan fingerprint density at radius 2 is 0.566 bits per heavy atom. The first kappa shape index (κ1) is 130. The van der Waals surface area contributed by atoms with Gasteiger partial charge < -0.3 is 285 Å². The summed E-state index contributed by atoms with van der Waals surface area (Å²) in [5, 5.41) is 425. The van der Waals surface area contributed by atoms with Gasteiger partial charge >= 0.3 is 0 Å². The molecule has 4 heterocycles. The summed E-state index contributed by atoms with van der Waals surface area (Å²) in [7, 11) is 0. The second-order valence-electron chi connectivity index (χ2n) is 34.6. The minimum Gasteiger partial charge on any atom is -0.394 e. The molecule has 0 radical (unpaired) electrons. The minimum atomic E-state index is -3.61. The molecule has 4 rings (SSSR count). The molecule has 40 unspecified atom stereocenters. The molecule has 40 atom stereocenters. The number of nitrogens with one attached hydrogen (secondary N) is 7. The van der Waals surface area contributed by atoms with Crippen molar-refractivity contribution in [2.24, 2.45) is 5.73 Å². The normalized spacial score (nSPS) is 29.8. The highest BCUT2D eigenvalue weighted by Gasteiger charge is 2.58. The summed E-state index contributed by atoms with van der Waals surface area (Å²) in [4.78, 5) is 74.1. The largest absolute Gasteiger partial charge is 0.394 e. The van der Waals surface area contributed by atoms with Crippen molar-refractivity contribution in [3.63, 3.8) is 0 Å². The Bertz CT molecular complexity index is 3530. The maximum Gasteiger partial charge on any atom is 0.251 e. The van der Waals surface area contributed by atoms with E-state index in [2.05, 4.69) is 37.2 Å². The number of nitrogens with two attached hydrogens (primary N) is 1. The second-order valence-corrected chi connectivity index (χ2v) is 34.6. The maximum atomic E-state index is 13.6. The van der Waals surface area contributed by atoms with Crippen molar-refractivity contribution >= 4 is 29.5 Å². The number of amides is 5. The van der Waals surface area contributed by atoms with Gasteiger partial charge in [-0.15, -0.1) is 0 Å². The Hall–Kier alpha value is -4.81. The Kier molecular flexibility index (Phi) is 59.7. The van der Waals surface area contributed by atoms with Crippen LogP contribution in [0.2, 0.25) is 0 Å². The van der Waals surface area contributed by atoms with Crippen LogP contribution in [-0.4, -0.2) is 696 Å². The average Bonchev–Trinajstić information content (AvgIpc) is 0.784. The van der Waals surface area contributed by atoms with Gasteiger partial charge in [0, 0.05) is 137 Å². The van der Waals surface area contributed by atoms with Gasteiger partial charge in [0.05, 0.1) is 59.5 Å². The lowest BCUT2D eigenvalue weighted by molar-refractivity contribution is -0.401. The molecule has 64 nitrogen and oxygen atoms in total. The monoisotopic (exact) mass is 2100 g/mol. The summed E-state index contributed by atoms with van der Waals surface area (Å²) in [5.41, 5.74) is 6.06. The van der Waals surface area contributed by atoms with Gasteiger partial charge in [0.1, 0.15) is 177 Å². The van der Waals surface area contributed by atoms with Gasteiger partial charge in [-0.05, 0) is 19.4 Å². The molecule has 143 heavy (non-hydrogen) atoms. The number of ether oxygens (including phenoxy) is 8. The van der Waals surface area contributed by atoms with Gasteiger partial charge in [0.25, 0.3) is 29.5 Å². The standard InChI is InChI=1S/C79H154N12O52/c80-4-15-89(19-11-87-73(133)64(126)68(128)79(135,43(105)34-100)143-77-62(124)53(115)48(110)41(32-98)139-77)24-22-88(14-3-1-2-5-83-70(130)57(119)54(116)65(36(102)27-93)140-74-59(121)50(112)45(107)38(29-95)136-74)23-25-91(17-8-81-6-7-84-72(132)63(125)67(127)78(134,42(104)33-99)142-76-61(123)52(114)47(109)40(31-97)138-76)18-10-82-9-16-90(20-12-85-69(129)56(118)49(111)44(106)35(101)26-92)21-13-86-71(131)58(120)55(117)66(37(103)28-94)141-75-60(122)51(113)46(108)39(30-96)137-75/h35-68,74-77,81-82,92-128,134-135H,1-34,80H2,(H,83,130)(H,84,132)(H,85,129)(H,86,131)(H,87,133). The van der Waals surface area contributed by atoms with E-state index in [0.29, 0.717) is 6.42 Å². The zero-order chi connectivity index (χ0) is 108. The fraction of sp³-hybridized carbons (Fsp3) is 0.937. The van der Waals surface area contributed by atoms with Crippen LogP contribution < -0.4 is 43.0 Å². The fourth-order valence-corrected chi connectivity index (χ4v) is 15.1. The van der Waals surface area contributed by atoms with Crippen molar-refractivity contribution in [1.29, 1.82) is 0 Å². The highest BCUT2D eigenvalue weighted by atomic mass is 16.8. The third-order valence-electron chi connectivity index (χ3n) is 24.3. The van der Waals surface area contributed by atoms with Gasteiger partial charge in [-0.3, -0.25) is 38.7 Å². The summed E-state index contributed by atoms with van der Waals surface area (Å²) < 4.78 is 42.0. The number of hydrogen-bond donors (Lipinski definition) is 47. The summed E-state index contributed by atoms with van der Waals surface area (Å²) in [5.74, 6) is -14.0. The van der Waals surface area contributed by atoms with Crippen LogP contribution in [-0.2, 0) is 61.9 Å². The molecule has 0 bridgehead atoms. The van der Waals surface area contributed by atoms with Crippen LogP contribution in [0.25, 0.3) is 0 Å². The Morgan fingerprint density at radius 1 is 0.287 bits per heavy atom. The smallest absolute Gasteiger partial charge is 0.251 e. The number of aliphatic hydroxyl groups is 39. The van der Waals surface area contributed by atoms with Crippen LogP contribution in [0.1, 0.15) is 19.3 Å². The lowest BCUT2D eigenvalue weighted by Gasteiger charge is -2.45. The molecule has 0 aromatic heterocycles. The van der Waals surface area contributed by atoms with Gasteiger partial charge in [0.2, 0.25) is 11.6 Å². The van der Waals surface area contributed by atoms with E-state index in [1.54, 1.807) is 9.80 Å². The number of hydrogen-bond acceptors (Lipinski definition) is 59. The fourth-order valence-electron chi connectivity index (χ4n) is 15.1. The molecule has 4 saturated heterocycles. The van der Waals surface area contributed by atoms with E-state index in [1.165, 1.54) is 0 Å². The van der Waals surface area contributed by atoms with Crippen molar-refractivity contribution < 1.29 is 261 Å². The third kappa shape index (κ3) is 38.2. The summed E-state index contributed by atoms with van der Waals surface area (Å²) in [6, 6.07) is 0. The van der Waals surface area contributed by atoms with Gasteiger partial charge in [-0.1, -0.05) is 6.42 Å². The lowest BCUT2D eigenvalue weighted by Crippen LogP contribution is -2.67. The first-order chi connectivity index (χ1) is 67.5. The Labute approximate surface area is 817 Å². The molecule has 0 aromatic carbocycles. The summed E-state index contributed by atoms with van der Waals surface area (Å²) in [6.07, 6.45) is -83.1. The van der Waals surface area contributed by atoms with Crippen LogP contribution >= 0.6 is 0 Å². The van der Waals surface area contributed by atoms with Crippen LogP contribution in [0.4, 0.5) is 0 Å². The molecule has 5 amide bonds. The van der Waals surface area contributed by atoms with Crippen molar-refractivity contribution in [2.45, 2.75) is 264 Å². The van der Waals surface area contributed by atoms with E-state index in [4.69, 9.17) is 43.6 Å². The molecular weight excluding hydrogens is 1950 g/mol. The molecule has 0 aromatic rings. The number of nitrogens with zero attached hydrogens (tertiary/aromatic N) is 4. The van der Waals surface area contributed by atoms with Crippen LogP contribution in [0.3, 0.4) is 0 Å². The van der Waals surface area contributed by atoms with Crippen LogP contribution in [0.5, 0.6) is 0 Å². The predicted octanol–water partition coefficient (Wildman–Crippen LogP) is -30.8. The first-order valence-corrected chi connectivity index (χ1v) is 46.2. The van der Waals surface area contributed by atoms with E-state index < -0.39 is 340 Å². The molecule has 64 heteroatoms. The van der Waals surface area contributed by atoms with Crippen molar-refractivity contribution in [3.8, 4) is 0 Å². The molecule has 4 fully saturated rings. The Morgan fingerprint density at radius 3 is 0.895 bits per heavy atom. The highest BCUT2D eigenvalue weighted by molar-refractivity contribution is 5.83. The third-order valence-corrected chi connectivity index (χ3v) is 24.3.